The van der Waals surface area contributed by atoms with Crippen LogP contribution in [0.25, 0.3) is 0 Å². The van der Waals surface area contributed by atoms with Gasteiger partial charge in [0, 0.05) is 37.4 Å². The fraction of sp³-hybridized carbons (Fsp3) is 0.750. The Morgan fingerprint density at radius 3 is 2.57 bits per heavy atom. The molecule has 0 saturated heterocycles. The van der Waals surface area contributed by atoms with Gasteiger partial charge in [-0.1, -0.05) is 6.42 Å². The highest BCUT2D eigenvalue weighted by atomic mass is 35.5. The molecule has 23 heavy (non-hydrogen) atoms. The number of fused-ring (bicyclic) bond motifs is 3. The number of aromatic nitrogens is 2. The van der Waals surface area contributed by atoms with Crippen molar-refractivity contribution >= 4 is 30.7 Å². The van der Waals surface area contributed by atoms with Crippen LogP contribution in [0, 0.1) is 17.8 Å². The second kappa shape index (κ2) is 7.41. The molecule has 2 bridgehead atoms. The number of rotatable bonds is 1. The van der Waals surface area contributed by atoms with Gasteiger partial charge in [0.1, 0.15) is 5.82 Å². The van der Waals surface area contributed by atoms with Crippen molar-refractivity contribution in [2.75, 3.05) is 6.54 Å². The maximum Gasteiger partial charge on any atom is 0.226 e. The highest BCUT2D eigenvalue weighted by Crippen LogP contribution is 2.42. The molecule has 3 aliphatic rings. The minimum Gasteiger partial charge on any atom is -0.333 e. The van der Waals surface area contributed by atoms with Crippen LogP contribution < -0.4 is 5.73 Å². The van der Waals surface area contributed by atoms with Gasteiger partial charge in [-0.3, -0.25) is 4.79 Å². The topological polar surface area (TPSA) is 64.2 Å². The number of imidazole rings is 1. The number of carbonyl (C=O) groups excluding carboxylic acids is 1. The predicted molar refractivity (Wildman–Crippen MR) is 93.7 cm³/mol. The molecule has 2 N–H and O–H groups in total. The number of nitrogens with zero attached hydrogens (tertiary/aromatic N) is 3. The van der Waals surface area contributed by atoms with Crippen molar-refractivity contribution in [1.82, 2.24) is 14.5 Å². The Morgan fingerprint density at radius 2 is 1.87 bits per heavy atom. The van der Waals surface area contributed by atoms with E-state index in [4.69, 9.17) is 5.73 Å². The number of halogens is 2. The van der Waals surface area contributed by atoms with Gasteiger partial charge in [0.05, 0.1) is 6.54 Å². The molecule has 4 rings (SSSR count). The summed E-state index contributed by atoms with van der Waals surface area (Å²) in [6, 6.07) is 0.336. The molecule has 2 aliphatic carbocycles. The SMILES string of the molecule is Cl.Cl.NC1C2CCCC1CC(C(=O)N1CCn3ccnc3C1)C2. The summed E-state index contributed by atoms with van der Waals surface area (Å²) in [5, 5.41) is 0. The Morgan fingerprint density at radius 1 is 1.17 bits per heavy atom. The van der Waals surface area contributed by atoms with E-state index in [1.165, 1.54) is 19.3 Å². The third-order valence-corrected chi connectivity index (χ3v) is 5.82. The standard InChI is InChI=1S/C16H24N4O.2ClH/c17-15-11-2-1-3-12(15)9-13(8-11)16(21)20-7-6-19-5-4-18-14(19)10-20;;/h4-5,11-13,15H,1-3,6-10,17H2;2*1H. The molecule has 7 heteroatoms. The van der Waals surface area contributed by atoms with Gasteiger partial charge in [0.15, 0.2) is 0 Å². The summed E-state index contributed by atoms with van der Waals surface area (Å²) >= 11 is 0. The maximum atomic E-state index is 12.9. The van der Waals surface area contributed by atoms with Crippen molar-refractivity contribution < 1.29 is 4.79 Å². The zero-order valence-corrected chi connectivity index (χ0v) is 14.9. The van der Waals surface area contributed by atoms with E-state index in [-0.39, 0.29) is 30.7 Å². The molecule has 2 saturated carbocycles. The average Bonchev–Trinajstić information content (AvgIpc) is 2.93. The largest absolute Gasteiger partial charge is 0.333 e. The van der Waals surface area contributed by atoms with Gasteiger partial charge >= 0.3 is 0 Å². The van der Waals surface area contributed by atoms with E-state index in [9.17, 15) is 4.79 Å². The minimum absolute atomic E-state index is 0. The Kier molecular flexibility index (Phi) is 5.98. The lowest BCUT2D eigenvalue weighted by molar-refractivity contribution is -0.140. The number of hydrogen-bond donors (Lipinski definition) is 1. The lowest BCUT2D eigenvalue weighted by Crippen LogP contribution is -2.50. The summed E-state index contributed by atoms with van der Waals surface area (Å²) in [5.41, 5.74) is 6.34. The zero-order chi connectivity index (χ0) is 14.4. The Hall–Kier alpha value is -0.780. The molecule has 1 aromatic rings. The fourth-order valence-electron chi connectivity index (χ4n) is 4.61. The van der Waals surface area contributed by atoms with Crippen LogP contribution in [0.15, 0.2) is 12.4 Å². The number of nitrogens with two attached hydrogens (primary N) is 1. The van der Waals surface area contributed by atoms with Crippen molar-refractivity contribution in [2.24, 2.45) is 23.5 Å². The number of amides is 1. The molecular weight excluding hydrogens is 335 g/mol. The fourth-order valence-corrected chi connectivity index (χ4v) is 4.61. The Labute approximate surface area is 149 Å². The summed E-state index contributed by atoms with van der Waals surface area (Å²) < 4.78 is 2.15. The lowest BCUT2D eigenvalue weighted by atomic mass is 9.65. The molecule has 2 heterocycles. The zero-order valence-electron chi connectivity index (χ0n) is 13.3. The van der Waals surface area contributed by atoms with Crippen molar-refractivity contribution in [2.45, 2.75) is 51.2 Å². The molecule has 2 atom stereocenters. The van der Waals surface area contributed by atoms with E-state index in [0.717, 1.165) is 31.8 Å². The minimum atomic E-state index is 0. The smallest absolute Gasteiger partial charge is 0.226 e. The molecule has 2 unspecified atom stereocenters. The summed E-state index contributed by atoms with van der Waals surface area (Å²) in [7, 11) is 0. The first-order valence-electron chi connectivity index (χ1n) is 8.27. The van der Waals surface area contributed by atoms with Crippen LogP contribution in [0.5, 0.6) is 0 Å². The summed E-state index contributed by atoms with van der Waals surface area (Å²) in [6.07, 6.45) is 9.56. The van der Waals surface area contributed by atoms with Crippen molar-refractivity contribution in [3.05, 3.63) is 18.2 Å². The van der Waals surface area contributed by atoms with Crippen LogP contribution in [-0.2, 0) is 17.9 Å². The van der Waals surface area contributed by atoms with Gasteiger partial charge in [-0.2, -0.15) is 0 Å². The van der Waals surface area contributed by atoms with Gasteiger partial charge < -0.3 is 15.2 Å². The third-order valence-electron chi connectivity index (χ3n) is 5.82. The average molecular weight is 361 g/mol. The summed E-state index contributed by atoms with van der Waals surface area (Å²) in [5.74, 6) is 2.69. The number of carbonyl (C=O) groups is 1. The first kappa shape index (κ1) is 18.6. The Bertz CT molecular complexity index is 536. The summed E-state index contributed by atoms with van der Waals surface area (Å²) in [6.45, 7) is 2.37. The maximum absolute atomic E-state index is 12.9. The normalized spacial score (nSPS) is 32.3. The quantitative estimate of drug-likeness (QED) is 0.834. The molecule has 1 amide bonds. The molecule has 0 spiro atoms. The molecule has 0 radical (unpaired) electrons. The van der Waals surface area contributed by atoms with Crippen molar-refractivity contribution in [3.63, 3.8) is 0 Å². The highest BCUT2D eigenvalue weighted by Gasteiger charge is 2.41. The van der Waals surface area contributed by atoms with E-state index in [2.05, 4.69) is 9.55 Å². The van der Waals surface area contributed by atoms with Gasteiger partial charge in [-0.25, -0.2) is 4.98 Å². The van der Waals surface area contributed by atoms with Crippen LogP contribution in [0.3, 0.4) is 0 Å². The van der Waals surface area contributed by atoms with Crippen LogP contribution in [0.1, 0.15) is 37.9 Å². The highest BCUT2D eigenvalue weighted by molar-refractivity contribution is 5.85. The van der Waals surface area contributed by atoms with E-state index >= 15 is 0 Å². The van der Waals surface area contributed by atoms with E-state index in [1.807, 2.05) is 17.3 Å². The van der Waals surface area contributed by atoms with E-state index in [0.29, 0.717) is 30.3 Å². The molecule has 130 valence electrons. The molecular formula is C16H26Cl2N4O. The lowest BCUT2D eigenvalue weighted by Gasteiger charge is -2.44. The monoisotopic (exact) mass is 360 g/mol. The van der Waals surface area contributed by atoms with Gasteiger partial charge in [-0.05, 0) is 37.5 Å². The first-order valence-corrected chi connectivity index (χ1v) is 8.27. The van der Waals surface area contributed by atoms with E-state index in [1.54, 1.807) is 0 Å². The van der Waals surface area contributed by atoms with Crippen molar-refractivity contribution in [3.8, 4) is 0 Å². The van der Waals surface area contributed by atoms with Crippen LogP contribution in [0.2, 0.25) is 0 Å². The molecule has 1 aliphatic heterocycles. The second-order valence-electron chi connectivity index (χ2n) is 6.99. The van der Waals surface area contributed by atoms with E-state index < -0.39 is 0 Å². The molecule has 1 aromatic heterocycles. The molecule has 5 nitrogen and oxygen atoms in total. The molecule has 2 fully saturated rings. The third kappa shape index (κ3) is 3.37. The van der Waals surface area contributed by atoms with Gasteiger partial charge in [0.2, 0.25) is 5.91 Å². The van der Waals surface area contributed by atoms with Crippen LogP contribution in [0.4, 0.5) is 0 Å². The number of hydrogen-bond acceptors (Lipinski definition) is 3. The van der Waals surface area contributed by atoms with Crippen LogP contribution in [-0.4, -0.2) is 32.9 Å². The summed E-state index contributed by atoms with van der Waals surface area (Å²) in [4.78, 5) is 19.2. The second-order valence-corrected chi connectivity index (χ2v) is 6.99. The predicted octanol–water partition coefficient (Wildman–Crippen LogP) is 2.22. The van der Waals surface area contributed by atoms with Crippen molar-refractivity contribution in [1.29, 1.82) is 0 Å². The van der Waals surface area contributed by atoms with Gasteiger partial charge in [0.25, 0.3) is 0 Å². The van der Waals surface area contributed by atoms with Crippen LogP contribution >= 0.6 is 24.8 Å². The first-order chi connectivity index (χ1) is 10.2. The molecule has 0 aromatic carbocycles. The Balaban J connectivity index is 0.000000960. The van der Waals surface area contributed by atoms with Gasteiger partial charge in [-0.15, -0.1) is 24.8 Å².